The van der Waals surface area contributed by atoms with Crippen LogP contribution in [0, 0.1) is 6.92 Å². The van der Waals surface area contributed by atoms with Gasteiger partial charge in [-0.2, -0.15) is 9.61 Å². The zero-order valence-electron chi connectivity index (χ0n) is 17.0. The average Bonchev–Trinajstić information content (AvgIpc) is 3.15. The van der Waals surface area contributed by atoms with Gasteiger partial charge in [0.15, 0.2) is 5.65 Å². The van der Waals surface area contributed by atoms with Crippen LogP contribution in [-0.2, 0) is 6.54 Å². The lowest BCUT2D eigenvalue weighted by Gasteiger charge is -2.11. The second-order valence-electron chi connectivity index (χ2n) is 7.27. The molecule has 1 N–H and O–H groups in total. The highest BCUT2D eigenvalue weighted by Gasteiger charge is 2.17. The van der Waals surface area contributed by atoms with Crippen molar-refractivity contribution in [1.29, 1.82) is 0 Å². The van der Waals surface area contributed by atoms with Gasteiger partial charge < -0.3 is 5.32 Å². The second kappa shape index (κ2) is 8.20. The molecule has 0 saturated carbocycles. The summed E-state index contributed by atoms with van der Waals surface area (Å²) in [5.74, 6) is 0.859. The Morgan fingerprint density at radius 3 is 2.42 bits per heavy atom. The molecule has 0 aliphatic rings. The van der Waals surface area contributed by atoms with E-state index in [0.717, 1.165) is 45.2 Å². The fourth-order valence-corrected chi connectivity index (χ4v) is 3.77. The van der Waals surface area contributed by atoms with E-state index in [1.54, 1.807) is 6.20 Å². The van der Waals surface area contributed by atoms with Crippen LogP contribution in [0.3, 0.4) is 0 Å². The van der Waals surface area contributed by atoms with Crippen molar-refractivity contribution in [1.82, 2.24) is 19.6 Å². The van der Waals surface area contributed by atoms with Crippen molar-refractivity contribution >= 4 is 23.1 Å². The van der Waals surface area contributed by atoms with E-state index in [2.05, 4.69) is 22.4 Å². The summed E-state index contributed by atoms with van der Waals surface area (Å²) in [7, 11) is 0. The molecule has 2 aromatic carbocycles. The van der Waals surface area contributed by atoms with Crippen molar-refractivity contribution in [3.05, 3.63) is 101 Å². The van der Waals surface area contributed by atoms with Gasteiger partial charge in [0.2, 0.25) is 0 Å². The molecule has 5 aromatic rings. The molecule has 5 rings (SSSR count). The monoisotopic (exact) mass is 425 g/mol. The molecule has 152 valence electrons. The summed E-state index contributed by atoms with van der Waals surface area (Å²) in [6.45, 7) is 2.59. The minimum Gasteiger partial charge on any atom is -0.364 e. The summed E-state index contributed by atoms with van der Waals surface area (Å²) in [5, 5.41) is 8.99. The van der Waals surface area contributed by atoms with Gasteiger partial charge in [-0.15, -0.1) is 0 Å². The number of rotatable bonds is 5. The van der Waals surface area contributed by atoms with Gasteiger partial charge in [0.1, 0.15) is 5.82 Å². The van der Waals surface area contributed by atoms with Gasteiger partial charge in [-0.25, -0.2) is 4.98 Å². The predicted octanol–water partition coefficient (Wildman–Crippen LogP) is 6.03. The number of hydrogen-bond donors (Lipinski definition) is 1. The van der Waals surface area contributed by atoms with E-state index in [0.29, 0.717) is 11.6 Å². The van der Waals surface area contributed by atoms with Gasteiger partial charge in [-0.3, -0.25) is 4.98 Å². The molecule has 0 amide bonds. The van der Waals surface area contributed by atoms with E-state index < -0.39 is 0 Å². The first kappa shape index (κ1) is 19.3. The number of aromatic nitrogens is 4. The summed E-state index contributed by atoms with van der Waals surface area (Å²) in [5.41, 5.74) is 6.61. The van der Waals surface area contributed by atoms with Crippen molar-refractivity contribution in [2.45, 2.75) is 13.5 Å². The Hall–Kier alpha value is -3.70. The van der Waals surface area contributed by atoms with Crippen LogP contribution < -0.4 is 5.32 Å². The molecule has 0 atom stereocenters. The molecular formula is C25H20ClN5. The highest BCUT2D eigenvalue weighted by molar-refractivity contribution is 6.30. The van der Waals surface area contributed by atoms with Crippen molar-refractivity contribution in [3.63, 3.8) is 0 Å². The van der Waals surface area contributed by atoms with E-state index >= 15 is 0 Å². The summed E-state index contributed by atoms with van der Waals surface area (Å²) < 4.78 is 1.87. The maximum Gasteiger partial charge on any atom is 0.166 e. The SMILES string of the molecule is Cc1nn2c(NCc3ccccn3)cc(-c3ccccc3)nc2c1-c1ccc(Cl)cc1. The normalized spacial score (nSPS) is 11.0. The first-order valence-electron chi connectivity index (χ1n) is 10.0. The third kappa shape index (κ3) is 3.88. The van der Waals surface area contributed by atoms with Crippen LogP contribution in [0.15, 0.2) is 85.1 Å². The number of nitrogens with zero attached hydrogens (tertiary/aromatic N) is 4. The molecule has 3 aromatic heterocycles. The van der Waals surface area contributed by atoms with Crippen molar-refractivity contribution in [3.8, 4) is 22.4 Å². The fourth-order valence-electron chi connectivity index (χ4n) is 3.64. The molecule has 3 heterocycles. The molecule has 31 heavy (non-hydrogen) atoms. The number of fused-ring (bicyclic) bond motifs is 1. The van der Waals surface area contributed by atoms with E-state index in [4.69, 9.17) is 21.7 Å². The number of pyridine rings is 1. The highest BCUT2D eigenvalue weighted by Crippen LogP contribution is 2.32. The van der Waals surface area contributed by atoms with Crippen molar-refractivity contribution < 1.29 is 0 Å². The highest BCUT2D eigenvalue weighted by atomic mass is 35.5. The summed E-state index contributed by atoms with van der Waals surface area (Å²) in [6.07, 6.45) is 1.80. The molecule has 0 spiro atoms. The summed E-state index contributed by atoms with van der Waals surface area (Å²) >= 11 is 6.11. The number of aryl methyl sites for hydroxylation is 1. The Balaban J connectivity index is 1.67. The van der Waals surface area contributed by atoms with Gasteiger partial charge in [-0.1, -0.05) is 60.1 Å². The minimum atomic E-state index is 0.587. The lowest BCUT2D eigenvalue weighted by atomic mass is 10.1. The maximum atomic E-state index is 6.11. The number of hydrogen-bond acceptors (Lipinski definition) is 4. The van der Waals surface area contributed by atoms with Crippen LogP contribution in [0.1, 0.15) is 11.4 Å². The van der Waals surface area contributed by atoms with E-state index in [1.165, 1.54) is 0 Å². The molecule has 6 heteroatoms. The zero-order chi connectivity index (χ0) is 21.2. The Kier molecular flexibility index (Phi) is 5.10. The topological polar surface area (TPSA) is 55.1 Å². The van der Waals surface area contributed by atoms with Gasteiger partial charge in [0.25, 0.3) is 0 Å². The number of anilines is 1. The second-order valence-corrected chi connectivity index (χ2v) is 7.71. The number of halogens is 1. The van der Waals surface area contributed by atoms with Crippen LogP contribution in [0.2, 0.25) is 5.02 Å². The largest absolute Gasteiger partial charge is 0.364 e. The molecule has 0 radical (unpaired) electrons. The smallest absolute Gasteiger partial charge is 0.166 e. The molecule has 5 nitrogen and oxygen atoms in total. The van der Waals surface area contributed by atoms with Crippen LogP contribution in [0.4, 0.5) is 5.82 Å². The molecule has 0 saturated heterocycles. The molecule has 0 fully saturated rings. The molecule has 0 aliphatic heterocycles. The average molecular weight is 426 g/mol. The predicted molar refractivity (Wildman–Crippen MR) is 125 cm³/mol. The van der Waals surface area contributed by atoms with Crippen molar-refractivity contribution in [2.24, 2.45) is 0 Å². The van der Waals surface area contributed by atoms with Gasteiger partial charge in [0.05, 0.1) is 23.6 Å². The van der Waals surface area contributed by atoms with E-state index in [9.17, 15) is 0 Å². The van der Waals surface area contributed by atoms with Crippen LogP contribution in [0.5, 0.6) is 0 Å². The van der Waals surface area contributed by atoms with Crippen molar-refractivity contribution in [2.75, 3.05) is 5.32 Å². The first-order valence-corrected chi connectivity index (χ1v) is 10.4. The van der Waals surface area contributed by atoms with Crippen LogP contribution >= 0.6 is 11.6 Å². The Morgan fingerprint density at radius 1 is 0.903 bits per heavy atom. The third-order valence-electron chi connectivity index (χ3n) is 5.14. The lowest BCUT2D eigenvalue weighted by molar-refractivity contribution is 0.901. The van der Waals surface area contributed by atoms with Crippen LogP contribution in [-0.4, -0.2) is 19.6 Å². The lowest BCUT2D eigenvalue weighted by Crippen LogP contribution is -2.07. The molecule has 0 unspecified atom stereocenters. The van der Waals surface area contributed by atoms with Gasteiger partial charge in [0, 0.05) is 28.4 Å². The Bertz CT molecular complexity index is 1330. The first-order chi connectivity index (χ1) is 15.2. The van der Waals surface area contributed by atoms with Gasteiger partial charge >= 0.3 is 0 Å². The quantitative estimate of drug-likeness (QED) is 0.373. The zero-order valence-corrected chi connectivity index (χ0v) is 17.7. The van der Waals surface area contributed by atoms with Gasteiger partial charge in [-0.05, 0) is 36.8 Å². The number of benzene rings is 2. The summed E-state index contributed by atoms with van der Waals surface area (Å²) in [4.78, 5) is 9.41. The maximum absolute atomic E-state index is 6.11. The minimum absolute atomic E-state index is 0.587. The third-order valence-corrected chi connectivity index (χ3v) is 5.40. The Labute approximate surface area is 185 Å². The van der Waals surface area contributed by atoms with Crippen LogP contribution in [0.25, 0.3) is 28.0 Å². The molecular weight excluding hydrogens is 406 g/mol. The Morgan fingerprint density at radius 2 is 1.68 bits per heavy atom. The van der Waals surface area contributed by atoms with E-state index in [1.807, 2.05) is 78.2 Å². The standard InChI is InChI=1S/C25H20ClN5/c1-17-24(19-10-12-20(26)13-11-19)25-29-22(18-7-3-2-4-8-18)15-23(31(25)30-17)28-16-21-9-5-6-14-27-21/h2-15,28H,16H2,1H3. The van der Waals surface area contributed by atoms with E-state index in [-0.39, 0.29) is 0 Å². The summed E-state index contributed by atoms with van der Waals surface area (Å²) in [6, 6.07) is 25.9. The molecule has 0 bridgehead atoms. The number of nitrogens with one attached hydrogen (secondary N) is 1. The fraction of sp³-hybridized carbons (Fsp3) is 0.0800. The molecule has 0 aliphatic carbocycles.